The summed E-state index contributed by atoms with van der Waals surface area (Å²) in [6, 6.07) is 15.6. The summed E-state index contributed by atoms with van der Waals surface area (Å²) in [5.41, 5.74) is 7.47. The lowest BCUT2D eigenvalue weighted by molar-refractivity contribution is -0.123. The van der Waals surface area contributed by atoms with E-state index in [4.69, 9.17) is 5.73 Å². The first-order valence-electron chi connectivity index (χ1n) is 7.47. The molecule has 2 aromatic carbocycles. The highest BCUT2D eigenvalue weighted by molar-refractivity contribution is 5.91. The number of hydrogen-bond acceptors (Lipinski definition) is 2. The van der Waals surface area contributed by atoms with Crippen LogP contribution in [0.4, 0.5) is 4.39 Å². The zero-order valence-corrected chi connectivity index (χ0v) is 13.5. The molecule has 23 heavy (non-hydrogen) atoms. The van der Waals surface area contributed by atoms with E-state index in [1.54, 1.807) is 12.1 Å². The maximum Gasteiger partial charge on any atom is 0.230 e. The van der Waals surface area contributed by atoms with Gasteiger partial charge < -0.3 is 11.1 Å². The second kappa shape index (κ2) is 7.11. The van der Waals surface area contributed by atoms with E-state index in [1.807, 2.05) is 30.3 Å². The SMILES string of the molecule is Cl.NC(CNC(=O)C1(c2ccc(F)cc2)CC1)c1ccccc1. The van der Waals surface area contributed by atoms with Crippen LogP contribution in [-0.2, 0) is 10.2 Å². The van der Waals surface area contributed by atoms with Crippen molar-refractivity contribution >= 4 is 18.3 Å². The van der Waals surface area contributed by atoms with Crippen molar-refractivity contribution in [1.29, 1.82) is 0 Å². The van der Waals surface area contributed by atoms with Crippen LogP contribution < -0.4 is 11.1 Å². The molecular weight excluding hydrogens is 315 g/mol. The Kier molecular flexibility index (Phi) is 5.39. The molecule has 0 heterocycles. The maximum absolute atomic E-state index is 13.0. The molecule has 1 aliphatic rings. The average Bonchev–Trinajstić information content (AvgIpc) is 3.35. The summed E-state index contributed by atoms with van der Waals surface area (Å²) in [7, 11) is 0. The molecule has 0 spiro atoms. The fourth-order valence-electron chi connectivity index (χ4n) is 2.73. The van der Waals surface area contributed by atoms with Gasteiger partial charge in [0.25, 0.3) is 0 Å². The van der Waals surface area contributed by atoms with Gasteiger partial charge in [0.2, 0.25) is 5.91 Å². The molecule has 0 aromatic heterocycles. The number of amides is 1. The van der Waals surface area contributed by atoms with Gasteiger partial charge in [-0.05, 0) is 36.1 Å². The van der Waals surface area contributed by atoms with Crippen LogP contribution in [0.3, 0.4) is 0 Å². The lowest BCUT2D eigenvalue weighted by Gasteiger charge is -2.18. The maximum atomic E-state index is 13.0. The van der Waals surface area contributed by atoms with Gasteiger partial charge in [-0.3, -0.25) is 4.79 Å². The monoisotopic (exact) mass is 334 g/mol. The summed E-state index contributed by atoms with van der Waals surface area (Å²) in [5.74, 6) is -0.309. The number of rotatable bonds is 5. The van der Waals surface area contributed by atoms with Gasteiger partial charge in [-0.15, -0.1) is 12.4 Å². The third kappa shape index (κ3) is 3.71. The highest BCUT2D eigenvalue weighted by atomic mass is 35.5. The predicted octanol–water partition coefficient (Wildman–Crippen LogP) is 3.10. The van der Waals surface area contributed by atoms with Crippen molar-refractivity contribution < 1.29 is 9.18 Å². The van der Waals surface area contributed by atoms with Crippen molar-refractivity contribution in [1.82, 2.24) is 5.32 Å². The molecule has 0 saturated heterocycles. The lowest BCUT2D eigenvalue weighted by atomic mass is 9.94. The van der Waals surface area contributed by atoms with Crippen LogP contribution in [0.15, 0.2) is 54.6 Å². The summed E-state index contributed by atoms with van der Waals surface area (Å²) in [6.07, 6.45) is 1.59. The number of hydrogen-bond donors (Lipinski definition) is 2. The number of benzene rings is 2. The molecule has 3 nitrogen and oxygen atoms in total. The predicted molar refractivity (Wildman–Crippen MR) is 90.9 cm³/mol. The molecule has 1 saturated carbocycles. The molecule has 3 N–H and O–H groups in total. The Morgan fingerprint density at radius 3 is 2.30 bits per heavy atom. The Labute approximate surface area is 141 Å². The van der Waals surface area contributed by atoms with E-state index in [9.17, 15) is 9.18 Å². The molecule has 0 aliphatic heterocycles. The minimum Gasteiger partial charge on any atom is -0.353 e. The Morgan fingerprint density at radius 1 is 1.13 bits per heavy atom. The summed E-state index contributed by atoms with van der Waals surface area (Å²) in [4.78, 5) is 12.5. The van der Waals surface area contributed by atoms with Gasteiger partial charge in [0.05, 0.1) is 5.41 Å². The van der Waals surface area contributed by atoms with Crippen LogP contribution in [0.2, 0.25) is 0 Å². The molecule has 1 amide bonds. The van der Waals surface area contributed by atoms with E-state index in [1.165, 1.54) is 12.1 Å². The Balaban J connectivity index is 0.00000192. The van der Waals surface area contributed by atoms with Crippen LogP contribution >= 0.6 is 12.4 Å². The molecule has 1 atom stereocenters. The normalized spacial score (nSPS) is 16.1. The smallest absolute Gasteiger partial charge is 0.230 e. The second-order valence-corrected chi connectivity index (χ2v) is 5.82. The van der Waals surface area contributed by atoms with Crippen molar-refractivity contribution in [2.45, 2.75) is 24.3 Å². The fourth-order valence-corrected chi connectivity index (χ4v) is 2.73. The summed E-state index contributed by atoms with van der Waals surface area (Å²) >= 11 is 0. The molecular formula is C18H20ClFN2O. The van der Waals surface area contributed by atoms with E-state index in [2.05, 4.69) is 5.32 Å². The Morgan fingerprint density at radius 2 is 1.74 bits per heavy atom. The van der Waals surface area contributed by atoms with Crippen LogP contribution in [-0.4, -0.2) is 12.5 Å². The van der Waals surface area contributed by atoms with Gasteiger partial charge in [0.1, 0.15) is 5.82 Å². The molecule has 0 radical (unpaired) electrons. The van der Waals surface area contributed by atoms with E-state index in [0.29, 0.717) is 6.54 Å². The first-order chi connectivity index (χ1) is 10.6. The first kappa shape index (κ1) is 17.4. The van der Waals surface area contributed by atoms with Crippen molar-refractivity contribution in [3.05, 3.63) is 71.5 Å². The topological polar surface area (TPSA) is 55.1 Å². The van der Waals surface area contributed by atoms with Crippen molar-refractivity contribution in [2.75, 3.05) is 6.54 Å². The van der Waals surface area contributed by atoms with Gasteiger partial charge in [-0.1, -0.05) is 42.5 Å². The van der Waals surface area contributed by atoms with Gasteiger partial charge in [-0.25, -0.2) is 4.39 Å². The standard InChI is InChI=1S/C18H19FN2O.ClH/c19-15-8-6-14(7-9-15)18(10-11-18)17(22)21-12-16(20)13-4-2-1-3-5-13;/h1-9,16H,10-12,20H2,(H,21,22);1H. The van der Waals surface area contributed by atoms with E-state index in [0.717, 1.165) is 24.0 Å². The first-order valence-corrected chi connectivity index (χ1v) is 7.47. The molecule has 122 valence electrons. The van der Waals surface area contributed by atoms with Crippen LogP contribution in [0, 0.1) is 5.82 Å². The fraction of sp³-hybridized carbons (Fsp3) is 0.278. The third-order valence-electron chi connectivity index (χ3n) is 4.29. The van der Waals surface area contributed by atoms with Crippen LogP contribution in [0.25, 0.3) is 0 Å². The third-order valence-corrected chi connectivity index (χ3v) is 4.29. The van der Waals surface area contributed by atoms with E-state index >= 15 is 0 Å². The molecule has 3 rings (SSSR count). The minimum atomic E-state index is -0.496. The molecule has 1 fully saturated rings. The molecule has 0 bridgehead atoms. The van der Waals surface area contributed by atoms with Gasteiger partial charge >= 0.3 is 0 Å². The number of carbonyl (C=O) groups is 1. The van der Waals surface area contributed by atoms with Gasteiger partial charge in [0, 0.05) is 12.6 Å². The second-order valence-electron chi connectivity index (χ2n) is 5.82. The van der Waals surface area contributed by atoms with Gasteiger partial charge in [0.15, 0.2) is 0 Å². The number of carbonyl (C=O) groups excluding carboxylic acids is 1. The molecule has 1 aliphatic carbocycles. The quantitative estimate of drug-likeness (QED) is 0.882. The number of nitrogens with one attached hydrogen (secondary N) is 1. The average molecular weight is 335 g/mol. The highest BCUT2D eigenvalue weighted by Crippen LogP contribution is 2.48. The largest absolute Gasteiger partial charge is 0.353 e. The van der Waals surface area contributed by atoms with Crippen LogP contribution in [0.5, 0.6) is 0 Å². The Hall–Kier alpha value is -1.91. The highest BCUT2D eigenvalue weighted by Gasteiger charge is 2.51. The van der Waals surface area contributed by atoms with E-state index < -0.39 is 5.41 Å². The number of halogens is 2. The van der Waals surface area contributed by atoms with Crippen molar-refractivity contribution in [3.8, 4) is 0 Å². The van der Waals surface area contributed by atoms with Crippen molar-refractivity contribution in [2.24, 2.45) is 5.73 Å². The molecule has 1 unspecified atom stereocenters. The lowest BCUT2D eigenvalue weighted by Crippen LogP contribution is -2.38. The van der Waals surface area contributed by atoms with Gasteiger partial charge in [-0.2, -0.15) is 0 Å². The number of nitrogens with two attached hydrogens (primary N) is 1. The minimum absolute atomic E-state index is 0. The molecule has 2 aromatic rings. The zero-order valence-electron chi connectivity index (χ0n) is 12.7. The molecule has 5 heteroatoms. The van der Waals surface area contributed by atoms with Crippen molar-refractivity contribution in [3.63, 3.8) is 0 Å². The van der Waals surface area contributed by atoms with Crippen LogP contribution in [0.1, 0.15) is 30.0 Å². The summed E-state index contributed by atoms with van der Waals surface area (Å²) in [5, 5.41) is 2.94. The summed E-state index contributed by atoms with van der Waals surface area (Å²) < 4.78 is 13.0. The zero-order chi connectivity index (χ0) is 15.6. The van der Waals surface area contributed by atoms with E-state index in [-0.39, 0.29) is 30.2 Å². The summed E-state index contributed by atoms with van der Waals surface area (Å²) in [6.45, 7) is 0.395. The Bertz CT molecular complexity index is 656.